The Balaban J connectivity index is 1.70. The van der Waals surface area contributed by atoms with E-state index < -0.39 is 0 Å². The van der Waals surface area contributed by atoms with Crippen molar-refractivity contribution in [1.29, 1.82) is 0 Å². The van der Waals surface area contributed by atoms with Gasteiger partial charge < -0.3 is 20.6 Å². The van der Waals surface area contributed by atoms with E-state index in [1.54, 1.807) is 0 Å². The van der Waals surface area contributed by atoms with E-state index in [4.69, 9.17) is 0 Å². The van der Waals surface area contributed by atoms with Crippen molar-refractivity contribution in [2.75, 3.05) is 0 Å². The maximum atomic E-state index is 3.71. The lowest BCUT2D eigenvalue weighted by Crippen LogP contribution is -2.08. The molecular weight excluding hydrogens is 344 g/mol. The highest BCUT2D eigenvalue weighted by atomic mass is 15.0. The van der Waals surface area contributed by atoms with Crippen molar-refractivity contribution < 1.29 is 0 Å². The normalized spacial score (nSPS) is 19.6. The average Bonchev–Trinajstić information content (AvgIpc) is 3.49. The second kappa shape index (κ2) is 6.33. The molecule has 0 saturated carbocycles. The molecule has 4 heteroatoms. The van der Waals surface area contributed by atoms with Crippen LogP contribution in [-0.4, -0.2) is 9.97 Å². The summed E-state index contributed by atoms with van der Waals surface area (Å²) in [5.41, 5.74) is 15.3. The van der Waals surface area contributed by atoms with Gasteiger partial charge in [0, 0.05) is 45.6 Å². The van der Waals surface area contributed by atoms with Crippen molar-refractivity contribution in [1.82, 2.24) is 20.6 Å². The van der Waals surface area contributed by atoms with Gasteiger partial charge in [-0.25, -0.2) is 0 Å². The Hall–Kier alpha value is -2.88. The van der Waals surface area contributed by atoms with Gasteiger partial charge in [0.2, 0.25) is 0 Å². The molecule has 0 aromatic carbocycles. The Morgan fingerprint density at radius 1 is 0.464 bits per heavy atom. The van der Waals surface area contributed by atoms with E-state index in [-0.39, 0.29) is 0 Å². The van der Waals surface area contributed by atoms with E-state index in [1.165, 1.54) is 67.9 Å². The number of rotatable bonds is 0. The van der Waals surface area contributed by atoms with Crippen LogP contribution in [0.4, 0.5) is 0 Å². The molecule has 2 saturated heterocycles. The first-order chi connectivity index (χ1) is 13.5. The summed E-state index contributed by atoms with van der Waals surface area (Å²) in [5.74, 6) is 0. The standard InChI is InChI=1S/C24H28N4/c1-13-17-5-7-19(25-17)14(2)21-9-11-23(27-21)16(4)24-12-10-22(28-24)15(3)20-8-6-18(13)26-20/h5,7,10,12,25-28H,6,8-9,11H2,1-4H3. The van der Waals surface area contributed by atoms with Gasteiger partial charge in [0.05, 0.1) is 0 Å². The molecule has 5 rings (SSSR count). The minimum atomic E-state index is 1.06. The number of nitrogens with one attached hydrogen (secondary N) is 4. The first-order valence-electron chi connectivity index (χ1n) is 10.2. The first kappa shape index (κ1) is 17.2. The predicted octanol–water partition coefficient (Wildman–Crippen LogP) is 5.75. The summed E-state index contributed by atoms with van der Waals surface area (Å²) in [6.07, 6.45) is 4.24. The monoisotopic (exact) mass is 372 g/mol. The van der Waals surface area contributed by atoms with Crippen LogP contribution < -0.4 is 10.6 Å². The van der Waals surface area contributed by atoms with Crippen molar-refractivity contribution in [3.05, 3.63) is 69.8 Å². The minimum absolute atomic E-state index is 1.06. The molecule has 28 heavy (non-hydrogen) atoms. The molecule has 8 bridgehead atoms. The van der Waals surface area contributed by atoms with Crippen molar-refractivity contribution >= 4 is 22.3 Å². The van der Waals surface area contributed by atoms with Crippen LogP contribution in [-0.2, 0) is 0 Å². The van der Waals surface area contributed by atoms with Gasteiger partial charge in [0.15, 0.2) is 0 Å². The Morgan fingerprint density at radius 3 is 0.964 bits per heavy atom. The van der Waals surface area contributed by atoms with Gasteiger partial charge in [0.25, 0.3) is 0 Å². The van der Waals surface area contributed by atoms with Crippen molar-refractivity contribution in [2.24, 2.45) is 0 Å². The lowest BCUT2D eigenvalue weighted by atomic mass is 10.1. The molecule has 2 aromatic heterocycles. The molecule has 0 unspecified atom stereocenters. The van der Waals surface area contributed by atoms with Crippen LogP contribution in [0.1, 0.15) is 76.2 Å². The quantitative estimate of drug-likeness (QED) is 0.476. The van der Waals surface area contributed by atoms with E-state index in [0.717, 1.165) is 25.7 Å². The summed E-state index contributed by atoms with van der Waals surface area (Å²) < 4.78 is 0. The third kappa shape index (κ3) is 2.67. The van der Waals surface area contributed by atoms with E-state index in [0.29, 0.717) is 0 Å². The highest BCUT2D eigenvalue weighted by molar-refractivity contribution is 5.75. The zero-order chi connectivity index (χ0) is 19.4. The third-order valence-electron chi connectivity index (χ3n) is 6.65. The van der Waals surface area contributed by atoms with Crippen molar-refractivity contribution in [3.8, 4) is 0 Å². The van der Waals surface area contributed by atoms with E-state index in [9.17, 15) is 0 Å². The SMILES string of the molecule is CC1=C2CCC(=C(C)c3ccc([nH]3)C(C)=C3CCC(=C(C)c4ccc1[nH]4)N3)N2. The van der Waals surface area contributed by atoms with Gasteiger partial charge in [0.1, 0.15) is 0 Å². The summed E-state index contributed by atoms with van der Waals surface area (Å²) in [6, 6.07) is 8.85. The van der Waals surface area contributed by atoms with Crippen molar-refractivity contribution in [2.45, 2.75) is 53.4 Å². The van der Waals surface area contributed by atoms with Crippen molar-refractivity contribution in [3.63, 3.8) is 0 Å². The van der Waals surface area contributed by atoms with E-state index >= 15 is 0 Å². The minimum Gasteiger partial charge on any atom is -0.362 e. The van der Waals surface area contributed by atoms with Gasteiger partial charge in [-0.15, -0.1) is 0 Å². The Morgan fingerprint density at radius 2 is 0.714 bits per heavy atom. The summed E-state index contributed by atoms with van der Waals surface area (Å²) in [6.45, 7) is 8.86. The lowest BCUT2D eigenvalue weighted by Gasteiger charge is -2.11. The van der Waals surface area contributed by atoms with Crippen LogP contribution in [0.3, 0.4) is 0 Å². The third-order valence-corrected chi connectivity index (χ3v) is 6.65. The summed E-state index contributed by atoms with van der Waals surface area (Å²) >= 11 is 0. The number of H-pyrrole nitrogens is 2. The molecule has 5 heterocycles. The van der Waals surface area contributed by atoms with Gasteiger partial charge in [-0.2, -0.15) is 0 Å². The Labute approximate surface area is 166 Å². The summed E-state index contributed by atoms with van der Waals surface area (Å²) in [4.78, 5) is 7.30. The highest BCUT2D eigenvalue weighted by Crippen LogP contribution is 2.35. The van der Waals surface area contributed by atoms with Gasteiger partial charge in [-0.05, 0) is 99.9 Å². The molecule has 0 aliphatic carbocycles. The fraction of sp³-hybridized carbons (Fsp3) is 0.333. The maximum Gasteiger partial charge on any atom is 0.0432 e. The molecule has 0 atom stereocenters. The van der Waals surface area contributed by atoms with Crippen LogP contribution in [0.15, 0.2) is 47.1 Å². The number of allylic oxidation sites excluding steroid dienone is 8. The van der Waals surface area contributed by atoms with Gasteiger partial charge in [-0.1, -0.05) is 0 Å². The van der Waals surface area contributed by atoms with E-state index in [2.05, 4.69) is 72.6 Å². The predicted molar refractivity (Wildman–Crippen MR) is 117 cm³/mol. The second-order valence-electron chi connectivity index (χ2n) is 8.24. The smallest absolute Gasteiger partial charge is 0.0432 e. The Kier molecular flexibility index (Phi) is 3.90. The fourth-order valence-electron chi connectivity index (χ4n) is 4.55. The molecule has 4 nitrogen and oxygen atoms in total. The number of fused-ring (bicyclic) bond motifs is 8. The van der Waals surface area contributed by atoms with Gasteiger partial charge in [-0.3, -0.25) is 0 Å². The molecule has 0 amide bonds. The Bertz CT molecular complexity index is 928. The molecule has 2 fully saturated rings. The van der Waals surface area contributed by atoms with Crippen LogP contribution in [0.2, 0.25) is 0 Å². The molecule has 3 aliphatic heterocycles. The molecule has 2 aromatic rings. The second-order valence-corrected chi connectivity index (χ2v) is 8.24. The molecule has 3 aliphatic rings. The van der Waals surface area contributed by atoms with Crippen LogP contribution >= 0.6 is 0 Å². The van der Waals surface area contributed by atoms with Gasteiger partial charge >= 0.3 is 0 Å². The van der Waals surface area contributed by atoms with E-state index in [1.807, 2.05) is 0 Å². The van der Waals surface area contributed by atoms with Crippen LogP contribution in [0.5, 0.6) is 0 Å². The van der Waals surface area contributed by atoms with Crippen LogP contribution in [0.25, 0.3) is 22.3 Å². The summed E-state index contributed by atoms with van der Waals surface area (Å²) in [7, 11) is 0. The first-order valence-corrected chi connectivity index (χ1v) is 10.2. The van der Waals surface area contributed by atoms with Crippen LogP contribution in [0, 0.1) is 0 Å². The number of aromatic amines is 2. The highest BCUT2D eigenvalue weighted by Gasteiger charge is 2.22. The zero-order valence-corrected chi connectivity index (χ0v) is 17.1. The molecule has 0 spiro atoms. The number of aromatic nitrogens is 2. The maximum absolute atomic E-state index is 3.71. The summed E-state index contributed by atoms with van der Waals surface area (Å²) in [5, 5.41) is 7.41. The molecule has 0 radical (unpaired) electrons. The fourth-order valence-corrected chi connectivity index (χ4v) is 4.55. The largest absolute Gasteiger partial charge is 0.362 e. The topological polar surface area (TPSA) is 55.6 Å². The number of hydrogen-bond acceptors (Lipinski definition) is 2. The zero-order valence-electron chi connectivity index (χ0n) is 17.1. The number of hydrogen-bond donors (Lipinski definition) is 4. The average molecular weight is 373 g/mol. The molecule has 4 N–H and O–H groups in total. The lowest BCUT2D eigenvalue weighted by molar-refractivity contribution is 1.04. The molecule has 144 valence electrons. The molecular formula is C24H28N4.